The highest BCUT2D eigenvalue weighted by molar-refractivity contribution is 7.92. The lowest BCUT2D eigenvalue weighted by Gasteiger charge is -2.27. The van der Waals surface area contributed by atoms with Crippen LogP contribution in [0.1, 0.15) is 50.8 Å². The van der Waals surface area contributed by atoms with Crippen LogP contribution in [0.25, 0.3) is 0 Å². The zero-order valence-corrected chi connectivity index (χ0v) is 12.9. The Balaban J connectivity index is 1.90. The fourth-order valence-electron chi connectivity index (χ4n) is 2.44. The SMILES string of the molecule is CC(C)c1[nH]ncc1NS(=O)(=O)c1ccnn1C1CCC1. The van der Waals surface area contributed by atoms with Crippen LogP contribution >= 0.6 is 0 Å². The number of aromatic nitrogens is 4. The summed E-state index contributed by atoms with van der Waals surface area (Å²) in [4.78, 5) is 0. The van der Waals surface area contributed by atoms with Crippen LogP contribution in [0, 0.1) is 0 Å². The molecule has 0 atom stereocenters. The van der Waals surface area contributed by atoms with Gasteiger partial charge in [-0.15, -0.1) is 0 Å². The second-order valence-electron chi connectivity index (χ2n) is 5.66. The van der Waals surface area contributed by atoms with Gasteiger partial charge in [0.1, 0.15) is 0 Å². The summed E-state index contributed by atoms with van der Waals surface area (Å²) in [6, 6.07) is 1.73. The predicted molar refractivity (Wildman–Crippen MR) is 78.6 cm³/mol. The fourth-order valence-corrected chi connectivity index (χ4v) is 3.67. The first-order valence-corrected chi connectivity index (χ1v) is 8.57. The van der Waals surface area contributed by atoms with Crippen molar-refractivity contribution in [3.63, 3.8) is 0 Å². The minimum absolute atomic E-state index is 0.154. The summed E-state index contributed by atoms with van der Waals surface area (Å²) in [7, 11) is -3.66. The molecule has 0 radical (unpaired) electrons. The molecule has 1 aliphatic carbocycles. The molecule has 8 heteroatoms. The van der Waals surface area contributed by atoms with Gasteiger partial charge in [0.25, 0.3) is 10.0 Å². The second-order valence-corrected chi connectivity index (χ2v) is 7.29. The quantitative estimate of drug-likeness (QED) is 0.886. The molecule has 0 spiro atoms. The monoisotopic (exact) mass is 309 g/mol. The van der Waals surface area contributed by atoms with E-state index in [1.54, 1.807) is 4.68 Å². The van der Waals surface area contributed by atoms with E-state index in [0.717, 1.165) is 25.0 Å². The van der Waals surface area contributed by atoms with E-state index < -0.39 is 10.0 Å². The van der Waals surface area contributed by atoms with E-state index in [-0.39, 0.29) is 17.0 Å². The Hall–Kier alpha value is -1.83. The van der Waals surface area contributed by atoms with Crippen molar-refractivity contribution in [3.8, 4) is 0 Å². The Morgan fingerprint density at radius 3 is 2.81 bits per heavy atom. The van der Waals surface area contributed by atoms with Gasteiger partial charge in [-0.2, -0.15) is 18.6 Å². The number of rotatable bonds is 5. The molecule has 7 nitrogen and oxygen atoms in total. The van der Waals surface area contributed by atoms with Crippen LogP contribution in [-0.4, -0.2) is 28.4 Å². The number of nitrogens with one attached hydrogen (secondary N) is 2. The highest BCUT2D eigenvalue weighted by atomic mass is 32.2. The number of sulfonamides is 1. The zero-order chi connectivity index (χ0) is 15.0. The smallest absolute Gasteiger partial charge is 0.279 e. The van der Waals surface area contributed by atoms with Crippen LogP contribution in [0.3, 0.4) is 0 Å². The zero-order valence-electron chi connectivity index (χ0n) is 12.1. The molecule has 0 aromatic carbocycles. The minimum Gasteiger partial charge on any atom is -0.280 e. The number of aromatic amines is 1. The summed E-state index contributed by atoms with van der Waals surface area (Å²) < 4.78 is 29.4. The molecule has 1 aliphatic rings. The van der Waals surface area contributed by atoms with E-state index in [0.29, 0.717) is 5.69 Å². The summed E-state index contributed by atoms with van der Waals surface area (Å²) in [5.74, 6) is 0.154. The molecule has 1 fully saturated rings. The molecule has 2 aromatic rings. The Kier molecular flexibility index (Phi) is 3.48. The predicted octanol–water partition coefficient (Wildman–Crippen LogP) is 2.26. The molecule has 0 unspecified atom stereocenters. The minimum atomic E-state index is -3.66. The van der Waals surface area contributed by atoms with Gasteiger partial charge in [-0.25, -0.2) is 4.68 Å². The molecule has 0 saturated heterocycles. The molecule has 2 heterocycles. The Morgan fingerprint density at radius 1 is 1.43 bits per heavy atom. The topological polar surface area (TPSA) is 92.7 Å². The first kappa shape index (κ1) is 14.1. The largest absolute Gasteiger partial charge is 0.280 e. The molecule has 1 saturated carbocycles. The van der Waals surface area contributed by atoms with Gasteiger partial charge in [-0.3, -0.25) is 9.82 Å². The lowest BCUT2D eigenvalue weighted by molar-refractivity contribution is 0.271. The van der Waals surface area contributed by atoms with Crippen molar-refractivity contribution in [3.05, 3.63) is 24.2 Å². The molecule has 21 heavy (non-hydrogen) atoms. The van der Waals surface area contributed by atoms with Crippen molar-refractivity contribution < 1.29 is 8.42 Å². The van der Waals surface area contributed by atoms with Crippen LogP contribution in [0.5, 0.6) is 0 Å². The Morgan fingerprint density at radius 2 is 2.19 bits per heavy atom. The van der Waals surface area contributed by atoms with Crippen LogP contribution in [0.15, 0.2) is 23.5 Å². The van der Waals surface area contributed by atoms with E-state index >= 15 is 0 Å². The average Bonchev–Trinajstić information content (AvgIpc) is 2.95. The van der Waals surface area contributed by atoms with Crippen molar-refractivity contribution >= 4 is 15.7 Å². The maximum absolute atomic E-state index is 12.6. The van der Waals surface area contributed by atoms with Gasteiger partial charge in [0, 0.05) is 0 Å². The highest BCUT2D eigenvalue weighted by Crippen LogP contribution is 2.33. The first-order chi connectivity index (χ1) is 9.99. The van der Waals surface area contributed by atoms with E-state index in [1.165, 1.54) is 18.5 Å². The molecule has 2 aromatic heterocycles. The summed E-state index contributed by atoms with van der Waals surface area (Å²) >= 11 is 0. The van der Waals surface area contributed by atoms with Gasteiger partial charge >= 0.3 is 0 Å². The molecular formula is C13H19N5O2S. The van der Waals surface area contributed by atoms with E-state index in [9.17, 15) is 8.42 Å². The third-order valence-electron chi connectivity index (χ3n) is 3.82. The van der Waals surface area contributed by atoms with Gasteiger partial charge in [0.05, 0.1) is 29.8 Å². The summed E-state index contributed by atoms with van der Waals surface area (Å²) in [5, 5.41) is 11.1. The molecule has 0 aliphatic heterocycles. The molecule has 2 N–H and O–H groups in total. The molecule has 3 rings (SSSR count). The lowest BCUT2D eigenvalue weighted by atomic mass is 9.93. The van der Waals surface area contributed by atoms with Crippen molar-refractivity contribution in [1.29, 1.82) is 0 Å². The Bertz CT molecular complexity index is 727. The maximum atomic E-state index is 12.6. The standard InChI is InChI=1S/C13H19N5O2S/c1-9(2)13-11(8-14-16-13)17-21(19,20)12-6-7-15-18(12)10-4-3-5-10/h6-10,17H,3-5H2,1-2H3,(H,14,16). The average molecular weight is 309 g/mol. The van der Waals surface area contributed by atoms with Gasteiger partial charge in [-0.1, -0.05) is 13.8 Å². The number of H-pyrrole nitrogens is 1. The number of hydrogen-bond donors (Lipinski definition) is 2. The van der Waals surface area contributed by atoms with Gasteiger partial charge in [-0.05, 0) is 31.2 Å². The van der Waals surface area contributed by atoms with Crippen molar-refractivity contribution in [2.45, 2.75) is 50.1 Å². The maximum Gasteiger partial charge on any atom is 0.279 e. The van der Waals surface area contributed by atoms with Crippen LogP contribution in [-0.2, 0) is 10.0 Å². The molecular weight excluding hydrogens is 290 g/mol. The van der Waals surface area contributed by atoms with E-state index in [4.69, 9.17) is 0 Å². The van der Waals surface area contributed by atoms with Gasteiger partial charge in [0.15, 0.2) is 5.03 Å². The van der Waals surface area contributed by atoms with Gasteiger partial charge in [0.2, 0.25) is 0 Å². The number of hydrogen-bond acceptors (Lipinski definition) is 4. The van der Waals surface area contributed by atoms with Gasteiger partial charge < -0.3 is 0 Å². The highest BCUT2D eigenvalue weighted by Gasteiger charge is 2.28. The number of nitrogens with zero attached hydrogens (tertiary/aromatic N) is 3. The van der Waals surface area contributed by atoms with Crippen LogP contribution < -0.4 is 4.72 Å². The summed E-state index contributed by atoms with van der Waals surface area (Å²) in [6.07, 6.45) is 6.11. The van der Waals surface area contributed by atoms with Crippen LogP contribution in [0.4, 0.5) is 5.69 Å². The third-order valence-corrected chi connectivity index (χ3v) is 5.18. The summed E-state index contributed by atoms with van der Waals surface area (Å²) in [5.41, 5.74) is 1.26. The second kappa shape index (κ2) is 5.18. The van der Waals surface area contributed by atoms with Crippen LogP contribution in [0.2, 0.25) is 0 Å². The summed E-state index contributed by atoms with van der Waals surface area (Å²) in [6.45, 7) is 3.95. The first-order valence-electron chi connectivity index (χ1n) is 7.08. The number of anilines is 1. The van der Waals surface area contributed by atoms with E-state index in [2.05, 4.69) is 20.0 Å². The third kappa shape index (κ3) is 2.55. The van der Waals surface area contributed by atoms with Crippen molar-refractivity contribution in [2.75, 3.05) is 4.72 Å². The fraction of sp³-hybridized carbons (Fsp3) is 0.538. The molecule has 0 bridgehead atoms. The van der Waals surface area contributed by atoms with Crippen molar-refractivity contribution in [1.82, 2.24) is 20.0 Å². The van der Waals surface area contributed by atoms with E-state index in [1.807, 2.05) is 13.8 Å². The molecule has 114 valence electrons. The normalized spacial score (nSPS) is 16.1. The molecule has 0 amide bonds. The Labute approximate surface area is 123 Å². The van der Waals surface area contributed by atoms with Crippen molar-refractivity contribution in [2.24, 2.45) is 0 Å². The lowest BCUT2D eigenvalue weighted by Crippen LogP contribution is -2.25.